The number of aliphatic carboxylic acids is 1. The molecule has 0 bridgehead atoms. The second-order valence-corrected chi connectivity index (χ2v) is 5.29. The highest BCUT2D eigenvalue weighted by Gasteiger charge is 2.15. The molecule has 1 aromatic carbocycles. The minimum absolute atomic E-state index is 0.0131. The van der Waals surface area contributed by atoms with Crippen molar-refractivity contribution in [1.29, 1.82) is 0 Å². The molecule has 0 aromatic heterocycles. The van der Waals surface area contributed by atoms with Gasteiger partial charge in [0.25, 0.3) is 0 Å². The van der Waals surface area contributed by atoms with Gasteiger partial charge in [-0.3, -0.25) is 9.59 Å². The van der Waals surface area contributed by atoms with Crippen LogP contribution >= 0.6 is 11.8 Å². The van der Waals surface area contributed by atoms with Crippen LogP contribution in [0.3, 0.4) is 0 Å². The molecule has 4 nitrogen and oxygen atoms in total. The van der Waals surface area contributed by atoms with Gasteiger partial charge in [0.15, 0.2) is 0 Å². The molecule has 1 atom stereocenters. The average molecular weight is 267 g/mol. The monoisotopic (exact) mass is 267 g/mol. The summed E-state index contributed by atoms with van der Waals surface area (Å²) in [6, 6.07) is 7.51. The minimum Gasteiger partial charge on any atom is -0.481 e. The number of amides is 1. The van der Waals surface area contributed by atoms with Crippen molar-refractivity contribution in [3.8, 4) is 0 Å². The molecule has 18 heavy (non-hydrogen) atoms. The molecule has 0 spiro atoms. The maximum Gasteiger partial charge on any atom is 0.306 e. The first-order chi connectivity index (χ1) is 8.52. The first kappa shape index (κ1) is 14.6. The Morgan fingerprint density at radius 3 is 2.44 bits per heavy atom. The molecule has 1 rings (SSSR count). The van der Waals surface area contributed by atoms with Crippen LogP contribution in [-0.4, -0.2) is 22.7 Å². The Kier molecular flexibility index (Phi) is 5.71. The number of hydrogen-bond acceptors (Lipinski definition) is 3. The molecule has 1 amide bonds. The summed E-state index contributed by atoms with van der Waals surface area (Å²) in [6.45, 7) is 3.59. The van der Waals surface area contributed by atoms with Gasteiger partial charge in [0.1, 0.15) is 0 Å². The van der Waals surface area contributed by atoms with Gasteiger partial charge in [0.2, 0.25) is 5.91 Å². The third-order valence-electron chi connectivity index (χ3n) is 2.36. The Hall–Kier alpha value is -1.49. The zero-order valence-corrected chi connectivity index (χ0v) is 11.3. The number of carbonyl (C=O) groups excluding carboxylic acids is 1. The molecule has 98 valence electrons. The zero-order chi connectivity index (χ0) is 13.5. The standard InChI is InChI=1S/C13H17NO3S/c1-3-18-11-6-4-10(5-7-11)14-12(15)8-9(2)13(16)17/h4-7,9H,3,8H2,1-2H3,(H,14,15)(H,16,17). The highest BCUT2D eigenvalue weighted by Crippen LogP contribution is 2.20. The van der Waals surface area contributed by atoms with Crippen LogP contribution in [0.5, 0.6) is 0 Å². The molecule has 0 fully saturated rings. The highest BCUT2D eigenvalue weighted by atomic mass is 32.2. The van der Waals surface area contributed by atoms with E-state index in [9.17, 15) is 9.59 Å². The molecule has 0 aliphatic rings. The van der Waals surface area contributed by atoms with E-state index in [1.165, 1.54) is 6.92 Å². The minimum atomic E-state index is -0.958. The van der Waals surface area contributed by atoms with Gasteiger partial charge in [-0.15, -0.1) is 11.8 Å². The van der Waals surface area contributed by atoms with Crippen LogP contribution in [0.4, 0.5) is 5.69 Å². The van der Waals surface area contributed by atoms with E-state index in [1.807, 2.05) is 24.3 Å². The lowest BCUT2D eigenvalue weighted by Crippen LogP contribution is -2.19. The molecular formula is C13H17NO3S. The number of anilines is 1. The predicted octanol–water partition coefficient (Wildman–Crippen LogP) is 2.85. The van der Waals surface area contributed by atoms with Crippen molar-refractivity contribution in [1.82, 2.24) is 0 Å². The highest BCUT2D eigenvalue weighted by molar-refractivity contribution is 7.99. The molecule has 5 heteroatoms. The van der Waals surface area contributed by atoms with Crippen molar-refractivity contribution in [2.45, 2.75) is 25.2 Å². The number of benzene rings is 1. The summed E-state index contributed by atoms with van der Waals surface area (Å²) in [5, 5.41) is 11.4. The maximum absolute atomic E-state index is 11.6. The van der Waals surface area contributed by atoms with E-state index in [-0.39, 0.29) is 12.3 Å². The quantitative estimate of drug-likeness (QED) is 0.778. The van der Waals surface area contributed by atoms with Gasteiger partial charge in [0, 0.05) is 17.0 Å². The van der Waals surface area contributed by atoms with E-state index in [0.29, 0.717) is 5.69 Å². The van der Waals surface area contributed by atoms with Crippen molar-refractivity contribution >= 4 is 29.3 Å². The lowest BCUT2D eigenvalue weighted by Gasteiger charge is -2.08. The summed E-state index contributed by atoms with van der Waals surface area (Å²) in [4.78, 5) is 23.3. The molecule has 0 radical (unpaired) electrons. The molecular weight excluding hydrogens is 250 g/mol. The Balaban J connectivity index is 2.51. The Labute approximate surface area is 111 Å². The van der Waals surface area contributed by atoms with Crippen molar-refractivity contribution in [2.75, 3.05) is 11.1 Å². The van der Waals surface area contributed by atoms with Crippen LogP contribution in [-0.2, 0) is 9.59 Å². The van der Waals surface area contributed by atoms with Gasteiger partial charge in [-0.2, -0.15) is 0 Å². The van der Waals surface area contributed by atoms with Crippen LogP contribution < -0.4 is 5.32 Å². The topological polar surface area (TPSA) is 66.4 Å². The van der Waals surface area contributed by atoms with Crippen LogP contribution in [0, 0.1) is 5.92 Å². The van der Waals surface area contributed by atoms with Gasteiger partial charge in [0.05, 0.1) is 5.92 Å². The van der Waals surface area contributed by atoms with Crippen LogP contribution in [0.1, 0.15) is 20.3 Å². The average Bonchev–Trinajstić information content (AvgIpc) is 2.31. The normalized spacial score (nSPS) is 11.9. The SMILES string of the molecule is CCSc1ccc(NC(=O)CC(C)C(=O)O)cc1. The largest absolute Gasteiger partial charge is 0.481 e. The van der Waals surface area contributed by atoms with Crippen molar-refractivity contribution in [3.05, 3.63) is 24.3 Å². The summed E-state index contributed by atoms with van der Waals surface area (Å²) >= 11 is 1.73. The van der Waals surface area contributed by atoms with Gasteiger partial charge < -0.3 is 10.4 Å². The van der Waals surface area contributed by atoms with Gasteiger partial charge in [-0.1, -0.05) is 13.8 Å². The first-order valence-electron chi connectivity index (χ1n) is 5.78. The molecule has 0 aliphatic heterocycles. The van der Waals surface area contributed by atoms with Crippen molar-refractivity contribution in [3.63, 3.8) is 0 Å². The Morgan fingerprint density at radius 2 is 1.94 bits per heavy atom. The Morgan fingerprint density at radius 1 is 1.33 bits per heavy atom. The summed E-state index contributed by atoms with van der Waals surface area (Å²) < 4.78 is 0. The maximum atomic E-state index is 11.6. The van der Waals surface area contributed by atoms with Gasteiger partial charge in [-0.05, 0) is 30.0 Å². The molecule has 2 N–H and O–H groups in total. The fraction of sp³-hybridized carbons (Fsp3) is 0.385. The van der Waals surface area contributed by atoms with E-state index < -0.39 is 11.9 Å². The van der Waals surface area contributed by atoms with Crippen LogP contribution in [0.15, 0.2) is 29.2 Å². The van der Waals surface area contributed by atoms with Crippen LogP contribution in [0.2, 0.25) is 0 Å². The number of rotatable bonds is 6. The summed E-state index contributed by atoms with van der Waals surface area (Å²) in [6.07, 6.45) is -0.0131. The van der Waals surface area contributed by atoms with Gasteiger partial charge >= 0.3 is 5.97 Å². The summed E-state index contributed by atoms with van der Waals surface area (Å²) in [5.41, 5.74) is 0.693. The molecule has 0 saturated heterocycles. The molecule has 1 aromatic rings. The number of carboxylic acid groups (broad SMARTS) is 1. The Bertz CT molecular complexity index is 417. The predicted molar refractivity (Wildman–Crippen MR) is 72.9 cm³/mol. The third-order valence-corrected chi connectivity index (χ3v) is 3.26. The van der Waals surface area contributed by atoms with Gasteiger partial charge in [-0.25, -0.2) is 0 Å². The fourth-order valence-corrected chi connectivity index (χ4v) is 2.04. The fourth-order valence-electron chi connectivity index (χ4n) is 1.38. The number of carboxylic acids is 1. The summed E-state index contributed by atoms with van der Waals surface area (Å²) in [7, 11) is 0. The van der Waals surface area contributed by atoms with E-state index in [2.05, 4.69) is 12.2 Å². The zero-order valence-electron chi connectivity index (χ0n) is 10.5. The summed E-state index contributed by atoms with van der Waals surface area (Å²) in [5.74, 6) is -0.900. The number of thioether (sulfide) groups is 1. The molecule has 0 heterocycles. The number of carbonyl (C=O) groups is 2. The lowest BCUT2D eigenvalue weighted by molar-refractivity contribution is -0.142. The van der Waals surface area contributed by atoms with Crippen molar-refractivity contribution in [2.24, 2.45) is 5.92 Å². The van der Waals surface area contributed by atoms with E-state index in [4.69, 9.17) is 5.11 Å². The number of nitrogens with one attached hydrogen (secondary N) is 1. The molecule has 1 unspecified atom stereocenters. The molecule has 0 aliphatic carbocycles. The lowest BCUT2D eigenvalue weighted by atomic mass is 10.1. The van der Waals surface area contributed by atoms with E-state index >= 15 is 0 Å². The number of hydrogen-bond donors (Lipinski definition) is 2. The van der Waals surface area contributed by atoms with E-state index in [1.54, 1.807) is 11.8 Å². The first-order valence-corrected chi connectivity index (χ1v) is 6.77. The van der Waals surface area contributed by atoms with Crippen molar-refractivity contribution < 1.29 is 14.7 Å². The smallest absolute Gasteiger partial charge is 0.306 e. The second-order valence-electron chi connectivity index (χ2n) is 3.95. The molecule has 0 saturated carbocycles. The third kappa shape index (κ3) is 4.79. The van der Waals surface area contributed by atoms with Crippen LogP contribution in [0.25, 0.3) is 0 Å². The van der Waals surface area contributed by atoms with E-state index in [0.717, 1.165) is 10.6 Å². The second kappa shape index (κ2) is 7.06.